The van der Waals surface area contributed by atoms with Gasteiger partial charge in [-0.2, -0.15) is 13.2 Å². The van der Waals surface area contributed by atoms with Crippen LogP contribution in [0.4, 0.5) is 33.7 Å². The highest BCUT2D eigenvalue weighted by Crippen LogP contribution is 2.48. The van der Waals surface area contributed by atoms with E-state index in [2.05, 4.69) is 20.6 Å². The van der Waals surface area contributed by atoms with Gasteiger partial charge in [-0.25, -0.2) is 19.2 Å². The number of ether oxygens (including phenoxy) is 4. The minimum atomic E-state index is -4.69. The standard InChI is InChI=1S/C27H22F4N4O5/c1-14(2)39-21-12-20-22(24-23(21)37-9-10-38-24)25(33-13-32-20)40-17-6-4-16(5-7-17)34-26(36)35-19-11-15(27(29,30)31)3-8-18(19)28/h3-8,11-14H,9-10H2,1-2H3,(H2,34,35,36). The molecule has 40 heavy (non-hydrogen) atoms. The van der Waals surface area contributed by atoms with Crippen LogP contribution in [-0.2, 0) is 6.18 Å². The first-order valence-corrected chi connectivity index (χ1v) is 12.0. The van der Waals surface area contributed by atoms with Gasteiger partial charge in [0, 0.05) is 11.8 Å². The van der Waals surface area contributed by atoms with E-state index in [1.165, 1.54) is 30.6 Å². The van der Waals surface area contributed by atoms with Crippen LogP contribution in [0.3, 0.4) is 0 Å². The minimum Gasteiger partial charge on any atom is -0.487 e. The molecule has 2 heterocycles. The average molecular weight is 558 g/mol. The summed E-state index contributed by atoms with van der Waals surface area (Å²) in [6.45, 7) is 4.44. The van der Waals surface area contributed by atoms with Gasteiger partial charge in [0.1, 0.15) is 36.5 Å². The molecule has 13 heteroatoms. The van der Waals surface area contributed by atoms with Crippen LogP contribution in [0.5, 0.6) is 28.9 Å². The number of hydrogen-bond acceptors (Lipinski definition) is 7. The molecule has 1 aliphatic heterocycles. The molecule has 2 amide bonds. The summed E-state index contributed by atoms with van der Waals surface area (Å²) in [7, 11) is 0. The topological polar surface area (TPSA) is 104 Å². The Morgan fingerprint density at radius 2 is 1.70 bits per heavy atom. The first kappa shape index (κ1) is 26.8. The van der Waals surface area contributed by atoms with Gasteiger partial charge in [-0.1, -0.05) is 0 Å². The normalized spacial score (nSPS) is 12.8. The number of nitrogens with zero attached hydrogens (tertiary/aromatic N) is 2. The summed E-state index contributed by atoms with van der Waals surface area (Å²) < 4.78 is 76.3. The number of urea groups is 1. The van der Waals surface area contributed by atoms with Crippen LogP contribution in [0.2, 0.25) is 0 Å². The fourth-order valence-corrected chi connectivity index (χ4v) is 3.90. The largest absolute Gasteiger partial charge is 0.487 e. The number of rotatable bonds is 6. The highest BCUT2D eigenvalue weighted by atomic mass is 19.4. The van der Waals surface area contributed by atoms with Crippen LogP contribution in [0, 0.1) is 5.82 Å². The predicted octanol–water partition coefficient (Wildman–Crippen LogP) is 6.78. The number of fused-ring (bicyclic) bond motifs is 3. The summed E-state index contributed by atoms with van der Waals surface area (Å²) in [5.74, 6) is 0.842. The number of nitrogens with one attached hydrogen (secondary N) is 2. The number of hydrogen-bond donors (Lipinski definition) is 2. The fourth-order valence-electron chi connectivity index (χ4n) is 3.90. The fraction of sp³-hybridized carbons (Fsp3) is 0.222. The van der Waals surface area contributed by atoms with Crippen LogP contribution in [0.1, 0.15) is 19.4 Å². The lowest BCUT2D eigenvalue weighted by atomic mass is 10.1. The molecule has 0 spiro atoms. The summed E-state index contributed by atoms with van der Waals surface area (Å²) in [6, 6.07) is 8.58. The molecule has 0 radical (unpaired) electrons. The van der Waals surface area contributed by atoms with Gasteiger partial charge in [-0.3, -0.25) is 0 Å². The van der Waals surface area contributed by atoms with Crippen molar-refractivity contribution in [2.45, 2.75) is 26.1 Å². The lowest BCUT2D eigenvalue weighted by molar-refractivity contribution is -0.137. The van der Waals surface area contributed by atoms with Crippen LogP contribution in [-0.4, -0.2) is 35.3 Å². The molecule has 1 aliphatic rings. The number of benzene rings is 3. The zero-order valence-corrected chi connectivity index (χ0v) is 21.1. The molecule has 0 fully saturated rings. The third-order valence-corrected chi connectivity index (χ3v) is 5.57. The molecule has 0 bridgehead atoms. The molecular formula is C27H22F4N4O5. The Bertz CT molecular complexity index is 1560. The van der Waals surface area contributed by atoms with E-state index in [0.29, 0.717) is 65.3 Å². The highest BCUT2D eigenvalue weighted by Gasteiger charge is 2.31. The number of carbonyl (C=O) groups is 1. The SMILES string of the molecule is CC(C)Oc1cc2ncnc(Oc3ccc(NC(=O)Nc4cc(C(F)(F)F)ccc4F)cc3)c2c2c1OCCO2. The van der Waals surface area contributed by atoms with Crippen molar-refractivity contribution in [3.05, 3.63) is 66.2 Å². The van der Waals surface area contributed by atoms with Crippen molar-refractivity contribution < 1.29 is 41.3 Å². The lowest BCUT2D eigenvalue weighted by Gasteiger charge is -2.24. The van der Waals surface area contributed by atoms with E-state index >= 15 is 0 Å². The summed E-state index contributed by atoms with van der Waals surface area (Å²) in [4.78, 5) is 20.9. The molecule has 0 atom stereocenters. The van der Waals surface area contributed by atoms with Crippen molar-refractivity contribution >= 4 is 28.3 Å². The van der Waals surface area contributed by atoms with Gasteiger partial charge in [0.25, 0.3) is 0 Å². The average Bonchev–Trinajstić information content (AvgIpc) is 2.90. The van der Waals surface area contributed by atoms with Gasteiger partial charge < -0.3 is 29.6 Å². The second-order valence-corrected chi connectivity index (χ2v) is 8.87. The molecular weight excluding hydrogens is 536 g/mol. The van der Waals surface area contributed by atoms with Gasteiger partial charge >= 0.3 is 12.2 Å². The Balaban J connectivity index is 1.33. The second kappa shape index (κ2) is 10.8. The Hall–Kier alpha value is -4.81. The molecule has 0 aliphatic carbocycles. The number of carbonyl (C=O) groups excluding carboxylic acids is 1. The molecule has 4 aromatic rings. The van der Waals surface area contributed by atoms with Crippen molar-refractivity contribution in [2.24, 2.45) is 0 Å². The molecule has 3 aromatic carbocycles. The van der Waals surface area contributed by atoms with E-state index in [4.69, 9.17) is 18.9 Å². The number of halogens is 4. The number of amides is 2. The van der Waals surface area contributed by atoms with Gasteiger partial charge in [-0.05, 0) is 56.3 Å². The van der Waals surface area contributed by atoms with Crippen molar-refractivity contribution in [3.63, 3.8) is 0 Å². The van der Waals surface area contributed by atoms with Gasteiger partial charge in [0.15, 0.2) is 11.5 Å². The van der Waals surface area contributed by atoms with Gasteiger partial charge in [-0.15, -0.1) is 0 Å². The van der Waals surface area contributed by atoms with Crippen molar-refractivity contribution in [3.8, 4) is 28.9 Å². The third kappa shape index (κ3) is 5.77. The van der Waals surface area contributed by atoms with Crippen LogP contribution in [0.25, 0.3) is 10.9 Å². The summed E-state index contributed by atoms with van der Waals surface area (Å²) in [5, 5.41) is 5.00. The Morgan fingerprint density at radius 1 is 0.975 bits per heavy atom. The molecule has 1 aromatic heterocycles. The summed E-state index contributed by atoms with van der Waals surface area (Å²) in [6.07, 6.45) is -3.46. The Kier molecular flexibility index (Phi) is 7.20. The second-order valence-electron chi connectivity index (χ2n) is 8.87. The van der Waals surface area contributed by atoms with E-state index in [1.807, 2.05) is 13.8 Å². The molecule has 208 valence electrons. The van der Waals surface area contributed by atoms with Crippen molar-refractivity contribution in [1.29, 1.82) is 0 Å². The van der Waals surface area contributed by atoms with E-state index in [9.17, 15) is 22.4 Å². The minimum absolute atomic E-state index is 0.108. The molecule has 0 saturated carbocycles. The van der Waals surface area contributed by atoms with E-state index in [1.54, 1.807) is 6.07 Å². The van der Waals surface area contributed by atoms with Crippen LogP contribution < -0.4 is 29.6 Å². The molecule has 0 saturated heterocycles. The highest BCUT2D eigenvalue weighted by molar-refractivity contribution is 6.00. The first-order valence-electron chi connectivity index (χ1n) is 12.0. The van der Waals surface area contributed by atoms with Crippen LogP contribution in [0.15, 0.2) is 54.9 Å². The van der Waals surface area contributed by atoms with Crippen LogP contribution >= 0.6 is 0 Å². The molecule has 5 rings (SSSR count). The first-order chi connectivity index (χ1) is 19.1. The molecule has 0 unspecified atom stereocenters. The number of aromatic nitrogens is 2. The maximum absolute atomic E-state index is 14.0. The van der Waals surface area contributed by atoms with E-state index < -0.39 is 29.3 Å². The smallest absolute Gasteiger partial charge is 0.416 e. The summed E-state index contributed by atoms with van der Waals surface area (Å²) in [5.41, 5.74) is -0.916. The third-order valence-electron chi connectivity index (χ3n) is 5.57. The summed E-state index contributed by atoms with van der Waals surface area (Å²) >= 11 is 0. The predicted molar refractivity (Wildman–Crippen MR) is 137 cm³/mol. The molecule has 2 N–H and O–H groups in total. The monoisotopic (exact) mass is 558 g/mol. The number of alkyl halides is 3. The van der Waals surface area contributed by atoms with Gasteiger partial charge in [0.2, 0.25) is 11.6 Å². The lowest BCUT2D eigenvalue weighted by Crippen LogP contribution is -2.20. The molecule has 9 nitrogen and oxygen atoms in total. The van der Waals surface area contributed by atoms with E-state index in [-0.39, 0.29) is 17.7 Å². The Morgan fingerprint density at radius 3 is 2.40 bits per heavy atom. The quantitative estimate of drug-likeness (QED) is 0.251. The van der Waals surface area contributed by atoms with Crippen molar-refractivity contribution in [1.82, 2.24) is 9.97 Å². The maximum atomic E-state index is 14.0. The Labute approximate surface area is 225 Å². The van der Waals surface area contributed by atoms with Crippen molar-refractivity contribution in [2.75, 3.05) is 23.8 Å². The zero-order chi connectivity index (χ0) is 28.4. The van der Waals surface area contributed by atoms with Gasteiger partial charge in [0.05, 0.1) is 22.9 Å². The maximum Gasteiger partial charge on any atom is 0.416 e. The zero-order valence-electron chi connectivity index (χ0n) is 21.1. The van der Waals surface area contributed by atoms with E-state index in [0.717, 1.165) is 0 Å². The number of anilines is 2.